The minimum Gasteiger partial charge on any atom is -0.494 e. The van der Waals surface area contributed by atoms with Crippen LogP contribution < -0.4 is 15.0 Å². The Balaban J connectivity index is 1.92. The van der Waals surface area contributed by atoms with Gasteiger partial charge in [0, 0.05) is 30.7 Å². The van der Waals surface area contributed by atoms with Crippen molar-refractivity contribution in [1.82, 2.24) is 5.32 Å². The minimum atomic E-state index is -0.241. The molecule has 1 N–H and O–H groups in total. The lowest BCUT2D eigenvalue weighted by Gasteiger charge is -2.47. The molecule has 3 rings (SSSR count). The Bertz CT molecular complexity index is 500. The highest BCUT2D eigenvalue weighted by atomic mass is 19.1. The molecule has 1 unspecified atom stereocenters. The lowest BCUT2D eigenvalue weighted by Crippen LogP contribution is -2.63. The van der Waals surface area contributed by atoms with Crippen molar-refractivity contribution in [2.45, 2.75) is 50.6 Å². The van der Waals surface area contributed by atoms with Gasteiger partial charge in [-0.15, -0.1) is 0 Å². The molecule has 1 spiro atoms. The largest absolute Gasteiger partial charge is 0.494 e. The standard InChI is InChI=1S/C17H25FN2O/c1-3-14-11-19-17(8-4-5-9-17)12-20(14)15-7-6-13(18)10-16(15)21-2/h6-7,10,14,19H,3-5,8-9,11-12H2,1-2H3. The van der Waals surface area contributed by atoms with E-state index in [9.17, 15) is 4.39 Å². The molecule has 2 aliphatic rings. The van der Waals surface area contributed by atoms with Crippen molar-refractivity contribution in [2.75, 3.05) is 25.1 Å². The summed E-state index contributed by atoms with van der Waals surface area (Å²) in [4.78, 5) is 2.43. The minimum absolute atomic E-state index is 0.241. The second-order valence-corrected chi connectivity index (χ2v) is 6.37. The normalized spacial score (nSPS) is 24.5. The molecule has 1 saturated heterocycles. The zero-order valence-electron chi connectivity index (χ0n) is 13.0. The molecule has 1 aliphatic heterocycles. The molecule has 1 aromatic carbocycles. The summed E-state index contributed by atoms with van der Waals surface area (Å²) >= 11 is 0. The third-order valence-corrected chi connectivity index (χ3v) is 5.11. The number of methoxy groups -OCH3 is 1. The molecule has 116 valence electrons. The molecule has 21 heavy (non-hydrogen) atoms. The number of ether oxygens (including phenoxy) is 1. The maximum atomic E-state index is 13.5. The van der Waals surface area contributed by atoms with Crippen LogP contribution in [0.1, 0.15) is 39.0 Å². The predicted octanol–water partition coefficient (Wildman–Crippen LogP) is 3.34. The van der Waals surface area contributed by atoms with E-state index in [0.717, 1.165) is 25.2 Å². The molecule has 1 aromatic rings. The monoisotopic (exact) mass is 292 g/mol. The Morgan fingerprint density at radius 3 is 2.81 bits per heavy atom. The van der Waals surface area contributed by atoms with Crippen LogP contribution in [0.3, 0.4) is 0 Å². The Kier molecular flexibility index (Phi) is 4.07. The molecule has 1 heterocycles. The van der Waals surface area contributed by atoms with Gasteiger partial charge < -0.3 is 15.0 Å². The molecule has 1 saturated carbocycles. The van der Waals surface area contributed by atoms with E-state index in [0.29, 0.717) is 11.8 Å². The van der Waals surface area contributed by atoms with E-state index >= 15 is 0 Å². The first kappa shape index (κ1) is 14.6. The smallest absolute Gasteiger partial charge is 0.145 e. The first-order valence-electron chi connectivity index (χ1n) is 8.03. The fourth-order valence-electron chi connectivity index (χ4n) is 3.88. The zero-order chi connectivity index (χ0) is 14.9. The number of anilines is 1. The average Bonchev–Trinajstić information content (AvgIpc) is 2.95. The van der Waals surface area contributed by atoms with Gasteiger partial charge in [0.1, 0.15) is 11.6 Å². The molecular weight excluding hydrogens is 267 g/mol. The van der Waals surface area contributed by atoms with E-state index in [2.05, 4.69) is 17.1 Å². The quantitative estimate of drug-likeness (QED) is 0.925. The number of benzene rings is 1. The van der Waals surface area contributed by atoms with E-state index in [4.69, 9.17) is 4.74 Å². The van der Waals surface area contributed by atoms with Gasteiger partial charge in [-0.2, -0.15) is 0 Å². The molecule has 2 fully saturated rings. The number of hydrogen-bond donors (Lipinski definition) is 1. The zero-order valence-corrected chi connectivity index (χ0v) is 13.0. The molecule has 1 aliphatic carbocycles. The van der Waals surface area contributed by atoms with Crippen LogP contribution in [0.5, 0.6) is 5.75 Å². The summed E-state index contributed by atoms with van der Waals surface area (Å²) in [5.74, 6) is 0.401. The van der Waals surface area contributed by atoms with Crippen LogP contribution in [0.2, 0.25) is 0 Å². The molecule has 0 radical (unpaired) electrons. The van der Waals surface area contributed by atoms with Gasteiger partial charge in [-0.05, 0) is 31.4 Å². The van der Waals surface area contributed by atoms with Gasteiger partial charge in [-0.3, -0.25) is 0 Å². The Labute approximate surface area is 126 Å². The number of halogens is 1. The van der Waals surface area contributed by atoms with Gasteiger partial charge >= 0.3 is 0 Å². The summed E-state index contributed by atoms with van der Waals surface area (Å²) < 4.78 is 18.9. The van der Waals surface area contributed by atoms with Gasteiger partial charge in [-0.1, -0.05) is 19.8 Å². The van der Waals surface area contributed by atoms with Gasteiger partial charge in [0.25, 0.3) is 0 Å². The molecule has 3 nitrogen and oxygen atoms in total. The predicted molar refractivity (Wildman–Crippen MR) is 83.6 cm³/mol. The van der Waals surface area contributed by atoms with Gasteiger partial charge in [0.2, 0.25) is 0 Å². The van der Waals surface area contributed by atoms with Crippen molar-refractivity contribution in [3.63, 3.8) is 0 Å². The van der Waals surface area contributed by atoms with Crippen LogP contribution in [0.25, 0.3) is 0 Å². The van der Waals surface area contributed by atoms with E-state index in [-0.39, 0.29) is 11.4 Å². The number of hydrogen-bond acceptors (Lipinski definition) is 3. The lowest BCUT2D eigenvalue weighted by molar-refractivity contribution is 0.266. The maximum Gasteiger partial charge on any atom is 0.145 e. The molecule has 1 atom stereocenters. The van der Waals surface area contributed by atoms with Crippen LogP contribution in [0, 0.1) is 5.82 Å². The van der Waals surface area contributed by atoms with Crippen molar-refractivity contribution in [1.29, 1.82) is 0 Å². The third-order valence-electron chi connectivity index (χ3n) is 5.11. The van der Waals surface area contributed by atoms with Crippen LogP contribution in [0.15, 0.2) is 18.2 Å². The highest BCUT2D eigenvalue weighted by molar-refractivity contribution is 5.60. The number of nitrogens with one attached hydrogen (secondary N) is 1. The van der Waals surface area contributed by atoms with E-state index in [1.54, 1.807) is 7.11 Å². The number of nitrogens with zero attached hydrogens (tertiary/aromatic N) is 1. The van der Waals surface area contributed by atoms with Crippen LogP contribution in [-0.2, 0) is 0 Å². The summed E-state index contributed by atoms with van der Waals surface area (Å²) in [6.07, 6.45) is 6.16. The van der Waals surface area contributed by atoms with Crippen LogP contribution in [0.4, 0.5) is 10.1 Å². The highest BCUT2D eigenvalue weighted by Crippen LogP contribution is 2.38. The second-order valence-electron chi connectivity index (χ2n) is 6.37. The molecule has 0 aromatic heterocycles. The summed E-state index contributed by atoms with van der Waals surface area (Å²) in [5, 5.41) is 3.79. The first-order valence-corrected chi connectivity index (χ1v) is 8.03. The number of piperazine rings is 1. The lowest BCUT2D eigenvalue weighted by atomic mass is 9.91. The topological polar surface area (TPSA) is 24.5 Å². The maximum absolute atomic E-state index is 13.5. The molecule has 0 bridgehead atoms. The molecule has 4 heteroatoms. The van der Waals surface area contributed by atoms with E-state index in [1.807, 2.05) is 6.07 Å². The number of rotatable bonds is 3. The van der Waals surface area contributed by atoms with Crippen molar-refractivity contribution < 1.29 is 9.13 Å². The highest BCUT2D eigenvalue weighted by Gasteiger charge is 2.41. The Hall–Kier alpha value is -1.29. The van der Waals surface area contributed by atoms with Gasteiger partial charge in [0.15, 0.2) is 0 Å². The van der Waals surface area contributed by atoms with Gasteiger partial charge in [0.05, 0.1) is 12.8 Å². The second kappa shape index (κ2) is 5.84. The summed E-state index contributed by atoms with van der Waals surface area (Å²) in [6.45, 7) is 4.20. The van der Waals surface area contributed by atoms with Crippen molar-refractivity contribution in [3.8, 4) is 5.75 Å². The van der Waals surface area contributed by atoms with Crippen molar-refractivity contribution in [3.05, 3.63) is 24.0 Å². The van der Waals surface area contributed by atoms with E-state index < -0.39 is 0 Å². The van der Waals surface area contributed by atoms with Crippen molar-refractivity contribution in [2.24, 2.45) is 0 Å². The van der Waals surface area contributed by atoms with Crippen molar-refractivity contribution >= 4 is 5.69 Å². The summed E-state index contributed by atoms with van der Waals surface area (Å²) in [6, 6.07) is 5.33. The summed E-state index contributed by atoms with van der Waals surface area (Å²) in [5.41, 5.74) is 1.27. The average molecular weight is 292 g/mol. The molecule has 0 amide bonds. The Morgan fingerprint density at radius 2 is 2.14 bits per heavy atom. The third kappa shape index (κ3) is 2.73. The SMILES string of the molecule is CCC1CNC2(CCCC2)CN1c1ccc(F)cc1OC. The van der Waals surface area contributed by atoms with Crippen LogP contribution in [-0.4, -0.2) is 31.8 Å². The van der Waals surface area contributed by atoms with Gasteiger partial charge in [-0.25, -0.2) is 4.39 Å². The van der Waals surface area contributed by atoms with E-state index in [1.165, 1.54) is 37.8 Å². The van der Waals surface area contributed by atoms with Crippen LogP contribution >= 0.6 is 0 Å². The first-order chi connectivity index (χ1) is 10.2. The fourth-order valence-corrected chi connectivity index (χ4v) is 3.88. The fraction of sp³-hybridized carbons (Fsp3) is 0.647. The molecular formula is C17H25FN2O. The summed E-state index contributed by atoms with van der Waals surface area (Å²) in [7, 11) is 1.62. The Morgan fingerprint density at radius 1 is 1.38 bits per heavy atom.